The zero-order valence-electron chi connectivity index (χ0n) is 16.7. The number of hydrogen-bond donors (Lipinski definition) is 2. The first-order valence-electron chi connectivity index (χ1n) is 9.24. The molecule has 0 saturated carbocycles. The van der Waals surface area contributed by atoms with Gasteiger partial charge in [0.2, 0.25) is 0 Å². The van der Waals surface area contributed by atoms with Gasteiger partial charge >= 0.3 is 0 Å². The normalized spacial score (nSPS) is 22.4. The van der Waals surface area contributed by atoms with Crippen molar-refractivity contribution >= 4 is 5.96 Å². The quantitative estimate of drug-likeness (QED) is 0.612. The Morgan fingerprint density at radius 3 is 2.56 bits per heavy atom. The van der Waals surface area contributed by atoms with E-state index in [1.165, 1.54) is 5.56 Å². The van der Waals surface area contributed by atoms with Gasteiger partial charge in [0, 0.05) is 44.3 Å². The molecule has 5 nitrogen and oxygen atoms in total. The van der Waals surface area contributed by atoms with Crippen molar-refractivity contribution in [3.05, 3.63) is 35.9 Å². The van der Waals surface area contributed by atoms with E-state index in [-0.39, 0.29) is 5.54 Å². The van der Waals surface area contributed by atoms with Crippen molar-refractivity contribution in [2.24, 2.45) is 4.99 Å². The lowest BCUT2D eigenvalue weighted by Crippen LogP contribution is -2.52. The van der Waals surface area contributed by atoms with Gasteiger partial charge in [-0.2, -0.15) is 0 Å². The Balaban J connectivity index is 1.85. The Kier molecular flexibility index (Phi) is 6.85. The van der Waals surface area contributed by atoms with E-state index < -0.39 is 0 Å². The molecule has 2 N–H and O–H groups in total. The third-order valence-electron chi connectivity index (χ3n) is 5.40. The summed E-state index contributed by atoms with van der Waals surface area (Å²) in [5.41, 5.74) is 1.46. The molecular formula is C20H35N5. The molecule has 140 valence electrons. The van der Waals surface area contributed by atoms with E-state index in [0.29, 0.717) is 12.1 Å². The highest BCUT2D eigenvalue weighted by Gasteiger charge is 2.29. The summed E-state index contributed by atoms with van der Waals surface area (Å²) < 4.78 is 0. The monoisotopic (exact) mass is 345 g/mol. The zero-order chi connectivity index (χ0) is 18.4. The summed E-state index contributed by atoms with van der Waals surface area (Å²) in [5, 5.41) is 7.08. The maximum atomic E-state index is 4.41. The van der Waals surface area contributed by atoms with Crippen molar-refractivity contribution in [2.75, 3.05) is 34.2 Å². The van der Waals surface area contributed by atoms with Crippen molar-refractivity contribution in [1.29, 1.82) is 0 Å². The first-order valence-corrected chi connectivity index (χ1v) is 9.24. The van der Waals surface area contributed by atoms with Crippen LogP contribution in [0.15, 0.2) is 35.3 Å². The molecule has 1 fully saturated rings. The van der Waals surface area contributed by atoms with Gasteiger partial charge in [0.1, 0.15) is 0 Å². The Bertz CT molecular complexity index is 552. The number of guanidine groups is 1. The number of rotatable bonds is 6. The summed E-state index contributed by atoms with van der Waals surface area (Å²) in [6, 6.07) is 11.7. The minimum Gasteiger partial charge on any atom is -0.355 e. The lowest BCUT2D eigenvalue weighted by Gasteiger charge is -2.33. The van der Waals surface area contributed by atoms with Gasteiger partial charge in [0.15, 0.2) is 5.96 Å². The molecule has 2 unspecified atom stereocenters. The minimum atomic E-state index is 0.0833. The molecule has 1 heterocycles. The summed E-state index contributed by atoms with van der Waals surface area (Å²) in [6.45, 7) is 9.69. The van der Waals surface area contributed by atoms with Crippen molar-refractivity contribution < 1.29 is 0 Å². The van der Waals surface area contributed by atoms with Gasteiger partial charge in [-0.05, 0) is 46.9 Å². The van der Waals surface area contributed by atoms with Gasteiger partial charge in [-0.3, -0.25) is 9.89 Å². The Morgan fingerprint density at radius 1 is 1.28 bits per heavy atom. The van der Waals surface area contributed by atoms with Crippen LogP contribution in [0, 0.1) is 0 Å². The smallest absolute Gasteiger partial charge is 0.191 e. The standard InChI is InChI=1S/C20H35N5/c1-16-12-18(14-25(16)13-17-10-8-7-9-11-17)23-19(21-4)22-15-20(2,3)24(5)6/h7-11,16,18H,12-15H2,1-6H3,(H2,21,22,23). The molecule has 0 bridgehead atoms. The van der Waals surface area contributed by atoms with Gasteiger partial charge in [0.25, 0.3) is 0 Å². The summed E-state index contributed by atoms with van der Waals surface area (Å²) in [4.78, 5) is 9.18. The molecule has 2 atom stereocenters. The highest BCUT2D eigenvalue weighted by atomic mass is 15.3. The number of nitrogens with zero attached hydrogens (tertiary/aromatic N) is 3. The number of likely N-dealkylation sites (tertiary alicyclic amines) is 1. The molecule has 5 heteroatoms. The Morgan fingerprint density at radius 2 is 1.96 bits per heavy atom. The minimum absolute atomic E-state index is 0.0833. The third kappa shape index (κ3) is 5.72. The Labute approximate surface area is 153 Å². The van der Waals surface area contributed by atoms with E-state index in [4.69, 9.17) is 0 Å². The van der Waals surface area contributed by atoms with Crippen molar-refractivity contribution in [2.45, 2.75) is 51.4 Å². The van der Waals surface area contributed by atoms with E-state index in [1.807, 2.05) is 7.05 Å². The molecule has 1 saturated heterocycles. The van der Waals surface area contributed by atoms with E-state index in [2.05, 4.69) is 90.6 Å². The number of likely N-dealkylation sites (N-methyl/N-ethyl adjacent to an activating group) is 1. The van der Waals surface area contributed by atoms with Gasteiger partial charge in [-0.1, -0.05) is 30.3 Å². The SMILES string of the molecule is CN=C(NCC(C)(C)N(C)C)NC1CC(C)N(Cc2ccccc2)C1. The largest absolute Gasteiger partial charge is 0.355 e. The van der Waals surface area contributed by atoms with E-state index in [9.17, 15) is 0 Å². The fourth-order valence-electron chi connectivity index (χ4n) is 3.09. The van der Waals surface area contributed by atoms with Crippen LogP contribution in [0.1, 0.15) is 32.8 Å². The lowest BCUT2D eigenvalue weighted by molar-refractivity contribution is 0.197. The van der Waals surface area contributed by atoms with Gasteiger partial charge in [-0.25, -0.2) is 0 Å². The molecule has 0 amide bonds. The van der Waals surface area contributed by atoms with Crippen LogP contribution in [0.4, 0.5) is 0 Å². The third-order valence-corrected chi connectivity index (χ3v) is 5.40. The zero-order valence-corrected chi connectivity index (χ0v) is 16.7. The van der Waals surface area contributed by atoms with Crippen molar-refractivity contribution in [3.8, 4) is 0 Å². The average Bonchev–Trinajstić information content (AvgIpc) is 2.91. The molecule has 2 rings (SSSR count). The second kappa shape index (κ2) is 8.68. The molecule has 1 aromatic carbocycles. The summed E-state index contributed by atoms with van der Waals surface area (Å²) in [7, 11) is 6.06. The summed E-state index contributed by atoms with van der Waals surface area (Å²) in [6.07, 6.45) is 1.14. The van der Waals surface area contributed by atoms with Crippen LogP contribution in [0.3, 0.4) is 0 Å². The van der Waals surface area contributed by atoms with E-state index >= 15 is 0 Å². The molecule has 0 aromatic heterocycles. The van der Waals surface area contributed by atoms with Crippen LogP contribution in [0.25, 0.3) is 0 Å². The first kappa shape index (κ1) is 19.7. The second-order valence-electron chi connectivity index (χ2n) is 7.97. The van der Waals surface area contributed by atoms with Gasteiger partial charge < -0.3 is 15.5 Å². The van der Waals surface area contributed by atoms with Crippen LogP contribution < -0.4 is 10.6 Å². The maximum absolute atomic E-state index is 4.41. The topological polar surface area (TPSA) is 42.9 Å². The van der Waals surface area contributed by atoms with Gasteiger partial charge in [0.05, 0.1) is 0 Å². The van der Waals surface area contributed by atoms with Crippen molar-refractivity contribution in [1.82, 2.24) is 20.4 Å². The second-order valence-corrected chi connectivity index (χ2v) is 7.97. The molecule has 0 spiro atoms. The van der Waals surface area contributed by atoms with E-state index in [1.54, 1.807) is 0 Å². The first-order chi connectivity index (χ1) is 11.8. The predicted molar refractivity (Wildman–Crippen MR) is 107 cm³/mol. The van der Waals surface area contributed by atoms with Crippen LogP contribution in [-0.2, 0) is 6.54 Å². The molecule has 0 aliphatic carbocycles. The summed E-state index contributed by atoms with van der Waals surface area (Å²) >= 11 is 0. The highest BCUT2D eigenvalue weighted by Crippen LogP contribution is 2.20. The van der Waals surface area contributed by atoms with Gasteiger partial charge in [-0.15, -0.1) is 0 Å². The van der Waals surface area contributed by atoms with E-state index in [0.717, 1.165) is 32.0 Å². The van der Waals surface area contributed by atoms with Crippen LogP contribution in [0.5, 0.6) is 0 Å². The molecule has 25 heavy (non-hydrogen) atoms. The number of aliphatic imine (C=N–C) groups is 1. The molecule has 1 aliphatic heterocycles. The molecule has 0 radical (unpaired) electrons. The number of nitrogens with one attached hydrogen (secondary N) is 2. The number of hydrogen-bond acceptors (Lipinski definition) is 3. The lowest BCUT2D eigenvalue weighted by atomic mass is 10.0. The number of benzene rings is 1. The molecule has 1 aliphatic rings. The van der Waals surface area contributed by atoms with Crippen LogP contribution >= 0.6 is 0 Å². The highest BCUT2D eigenvalue weighted by molar-refractivity contribution is 5.80. The molecule has 1 aromatic rings. The molecular weight excluding hydrogens is 310 g/mol. The average molecular weight is 346 g/mol. The summed E-state index contributed by atoms with van der Waals surface area (Å²) in [5.74, 6) is 0.897. The van der Waals surface area contributed by atoms with Crippen molar-refractivity contribution in [3.63, 3.8) is 0 Å². The van der Waals surface area contributed by atoms with Crippen LogP contribution in [0.2, 0.25) is 0 Å². The van der Waals surface area contributed by atoms with Crippen LogP contribution in [-0.4, -0.2) is 67.6 Å². The Hall–Kier alpha value is -1.59. The predicted octanol–water partition coefficient (Wildman–Crippen LogP) is 2.15. The maximum Gasteiger partial charge on any atom is 0.191 e. The fraction of sp³-hybridized carbons (Fsp3) is 0.650. The fourth-order valence-corrected chi connectivity index (χ4v) is 3.09.